The quantitative estimate of drug-likeness (QED) is 0.617. The van der Waals surface area contributed by atoms with E-state index in [4.69, 9.17) is 17.6 Å². The van der Waals surface area contributed by atoms with Crippen LogP contribution in [0.25, 0.3) is 0 Å². The first-order valence-electron chi connectivity index (χ1n) is 7.69. The van der Waals surface area contributed by atoms with Crippen molar-refractivity contribution in [3.63, 3.8) is 0 Å². The van der Waals surface area contributed by atoms with Crippen LogP contribution in [0.4, 0.5) is 0 Å². The number of esters is 1. The van der Waals surface area contributed by atoms with Gasteiger partial charge in [-0.3, -0.25) is 4.90 Å². The molecule has 3 rings (SSSR count). The van der Waals surface area contributed by atoms with Gasteiger partial charge in [-0.25, -0.2) is 4.79 Å². The van der Waals surface area contributed by atoms with Crippen LogP contribution in [-0.2, 0) is 4.74 Å². The predicted octanol–water partition coefficient (Wildman–Crippen LogP) is 3.66. The summed E-state index contributed by atoms with van der Waals surface area (Å²) in [5, 5.41) is 2.02. The minimum absolute atomic E-state index is 0.0897. The van der Waals surface area contributed by atoms with Crippen LogP contribution in [0.1, 0.15) is 39.4 Å². The molecule has 24 heavy (non-hydrogen) atoms. The summed E-state index contributed by atoms with van der Waals surface area (Å²) >= 11 is 1.61. The van der Waals surface area contributed by atoms with E-state index in [1.807, 2.05) is 23.6 Å². The maximum Gasteiger partial charge on any atom is 0.338 e. The van der Waals surface area contributed by atoms with Gasteiger partial charge in [0.2, 0.25) is 0 Å². The summed E-state index contributed by atoms with van der Waals surface area (Å²) < 4.78 is 5.76. The highest BCUT2D eigenvalue weighted by atomic mass is 32.1. The van der Waals surface area contributed by atoms with Crippen molar-refractivity contribution in [2.45, 2.75) is 18.6 Å². The molecule has 0 N–H and O–H groups in total. The van der Waals surface area contributed by atoms with Crippen LogP contribution in [0.15, 0.2) is 41.8 Å². The Labute approximate surface area is 146 Å². The molecular formula is C20H17NO2S. The Kier molecular flexibility index (Phi) is 5.01. The zero-order valence-corrected chi connectivity index (χ0v) is 14.0. The summed E-state index contributed by atoms with van der Waals surface area (Å²) in [6.45, 7) is 0.951. The average molecular weight is 335 g/mol. The molecule has 1 heterocycles. The van der Waals surface area contributed by atoms with E-state index in [2.05, 4.69) is 22.8 Å². The van der Waals surface area contributed by atoms with E-state index < -0.39 is 0 Å². The number of ether oxygens (including phenoxy) is 1. The van der Waals surface area contributed by atoms with Crippen LogP contribution in [-0.4, -0.2) is 24.0 Å². The number of carbonyl (C=O) groups excluding carboxylic acids is 1. The van der Waals surface area contributed by atoms with Gasteiger partial charge in [0, 0.05) is 17.3 Å². The lowest BCUT2D eigenvalue weighted by Gasteiger charge is -2.25. The highest BCUT2D eigenvalue weighted by Gasteiger charge is 2.37. The fourth-order valence-electron chi connectivity index (χ4n) is 3.03. The van der Waals surface area contributed by atoms with E-state index in [-0.39, 0.29) is 18.1 Å². The van der Waals surface area contributed by atoms with E-state index in [1.54, 1.807) is 23.5 Å². The zero-order valence-electron chi connectivity index (χ0n) is 13.1. The molecule has 1 aromatic carbocycles. The number of carbonyl (C=O) groups is 1. The topological polar surface area (TPSA) is 29.5 Å². The standard InChI is InChI=1S/C20H17NO2S/c1-3-11-21(12-4-2)17-14-18(19-16(17)10-13-24-19)23-20(22)15-8-6-5-7-9-15/h1-2,5-10,13,17-18H,11-12,14H2/t17-,18+/m0/s1. The minimum Gasteiger partial charge on any atom is -0.453 e. The zero-order chi connectivity index (χ0) is 16.9. The fraction of sp³-hybridized carbons (Fsp3) is 0.250. The van der Waals surface area contributed by atoms with Gasteiger partial charge in [-0.05, 0) is 29.1 Å². The van der Waals surface area contributed by atoms with Crippen molar-refractivity contribution < 1.29 is 9.53 Å². The summed E-state index contributed by atoms with van der Waals surface area (Å²) in [6.07, 6.45) is 11.4. The highest BCUT2D eigenvalue weighted by Crippen LogP contribution is 2.47. The van der Waals surface area contributed by atoms with Crippen LogP contribution in [0.3, 0.4) is 0 Å². The van der Waals surface area contributed by atoms with Gasteiger partial charge in [-0.15, -0.1) is 24.2 Å². The first-order chi connectivity index (χ1) is 11.7. The van der Waals surface area contributed by atoms with Crippen LogP contribution >= 0.6 is 11.3 Å². The van der Waals surface area contributed by atoms with Gasteiger partial charge in [-0.2, -0.15) is 0 Å². The fourth-order valence-corrected chi connectivity index (χ4v) is 4.03. The lowest BCUT2D eigenvalue weighted by Crippen LogP contribution is -2.28. The molecule has 0 saturated carbocycles. The molecule has 1 aromatic heterocycles. The Morgan fingerprint density at radius 1 is 1.21 bits per heavy atom. The summed E-state index contributed by atoms with van der Waals surface area (Å²) in [5.41, 5.74) is 1.72. The molecule has 2 aromatic rings. The third-order valence-corrected chi connectivity index (χ3v) is 5.13. The van der Waals surface area contributed by atoms with Gasteiger partial charge in [0.15, 0.2) is 0 Å². The molecule has 0 spiro atoms. The third-order valence-electron chi connectivity index (χ3n) is 4.10. The van der Waals surface area contributed by atoms with Gasteiger partial charge in [0.05, 0.1) is 18.7 Å². The summed E-state index contributed by atoms with van der Waals surface area (Å²) in [5.74, 6) is 5.02. The lowest BCUT2D eigenvalue weighted by atomic mass is 10.1. The predicted molar refractivity (Wildman–Crippen MR) is 95.5 cm³/mol. The van der Waals surface area contributed by atoms with Crippen molar-refractivity contribution in [2.75, 3.05) is 13.1 Å². The Bertz CT molecular complexity index is 781. The second kappa shape index (κ2) is 7.36. The van der Waals surface area contributed by atoms with Gasteiger partial charge < -0.3 is 4.74 Å². The molecule has 0 radical (unpaired) electrons. The summed E-state index contributed by atoms with van der Waals surface area (Å²) in [7, 11) is 0. The highest BCUT2D eigenvalue weighted by molar-refractivity contribution is 7.10. The number of rotatable bonds is 5. The molecule has 0 amide bonds. The molecular weight excluding hydrogens is 318 g/mol. The molecule has 4 heteroatoms. The van der Waals surface area contributed by atoms with Gasteiger partial charge >= 0.3 is 5.97 Å². The van der Waals surface area contributed by atoms with Crippen molar-refractivity contribution in [3.05, 3.63) is 57.8 Å². The van der Waals surface area contributed by atoms with E-state index >= 15 is 0 Å². The van der Waals surface area contributed by atoms with E-state index in [9.17, 15) is 4.79 Å². The minimum atomic E-state index is -0.305. The van der Waals surface area contributed by atoms with Gasteiger partial charge in [0.25, 0.3) is 0 Å². The largest absolute Gasteiger partial charge is 0.453 e. The number of hydrogen-bond acceptors (Lipinski definition) is 4. The van der Waals surface area contributed by atoms with Gasteiger partial charge in [-0.1, -0.05) is 30.0 Å². The molecule has 0 fully saturated rings. The Hall–Kier alpha value is -2.53. The maximum absolute atomic E-state index is 12.4. The maximum atomic E-state index is 12.4. The number of benzene rings is 1. The molecule has 2 atom stereocenters. The van der Waals surface area contributed by atoms with Crippen molar-refractivity contribution in [3.8, 4) is 24.7 Å². The van der Waals surface area contributed by atoms with E-state index in [0.717, 1.165) is 10.4 Å². The third kappa shape index (κ3) is 3.21. The average Bonchev–Trinajstić information content (AvgIpc) is 3.19. The molecule has 1 aliphatic carbocycles. The first kappa shape index (κ1) is 16.3. The second-order valence-electron chi connectivity index (χ2n) is 5.56. The SMILES string of the molecule is C#CCN(CC#C)[C@H]1C[C@@H](OC(=O)c2ccccc2)c2sccc21. The molecule has 0 aliphatic heterocycles. The molecule has 120 valence electrons. The first-order valence-corrected chi connectivity index (χ1v) is 8.57. The summed E-state index contributed by atoms with van der Waals surface area (Å²) in [4.78, 5) is 15.5. The Morgan fingerprint density at radius 2 is 1.92 bits per heavy atom. The molecule has 0 unspecified atom stereocenters. The Morgan fingerprint density at radius 3 is 2.58 bits per heavy atom. The van der Waals surface area contributed by atoms with Crippen LogP contribution < -0.4 is 0 Å². The van der Waals surface area contributed by atoms with E-state index in [1.165, 1.54) is 0 Å². The van der Waals surface area contributed by atoms with Crippen molar-refractivity contribution in [1.29, 1.82) is 0 Å². The van der Waals surface area contributed by atoms with Crippen molar-refractivity contribution in [1.82, 2.24) is 4.90 Å². The lowest BCUT2D eigenvalue weighted by molar-refractivity contribution is 0.0263. The number of fused-ring (bicyclic) bond motifs is 1. The number of thiophene rings is 1. The van der Waals surface area contributed by atoms with Crippen LogP contribution in [0.2, 0.25) is 0 Å². The molecule has 1 aliphatic rings. The second-order valence-corrected chi connectivity index (χ2v) is 6.51. The molecule has 0 saturated heterocycles. The number of hydrogen-bond donors (Lipinski definition) is 0. The van der Waals surface area contributed by atoms with Gasteiger partial charge in [0.1, 0.15) is 6.10 Å². The van der Waals surface area contributed by atoms with Crippen LogP contribution in [0.5, 0.6) is 0 Å². The van der Waals surface area contributed by atoms with Crippen molar-refractivity contribution >= 4 is 17.3 Å². The van der Waals surface area contributed by atoms with Crippen molar-refractivity contribution in [2.24, 2.45) is 0 Å². The smallest absolute Gasteiger partial charge is 0.338 e. The van der Waals surface area contributed by atoms with E-state index in [0.29, 0.717) is 25.1 Å². The number of terminal acetylenes is 2. The summed E-state index contributed by atoms with van der Waals surface area (Å²) in [6, 6.07) is 11.2. The van der Waals surface area contributed by atoms with Crippen LogP contribution in [0, 0.1) is 24.7 Å². The Balaban J connectivity index is 1.79. The monoisotopic (exact) mass is 335 g/mol. The molecule has 0 bridgehead atoms. The number of nitrogens with zero attached hydrogens (tertiary/aromatic N) is 1. The molecule has 3 nitrogen and oxygen atoms in total. The normalized spacial score (nSPS) is 18.6.